The van der Waals surface area contributed by atoms with Crippen molar-refractivity contribution in [2.75, 3.05) is 32.9 Å². The number of carbonyl (C=O) groups is 1. The average molecular weight is 283 g/mol. The van der Waals surface area contributed by atoms with Gasteiger partial charge in [-0.2, -0.15) is 0 Å². The second kappa shape index (κ2) is 6.67. The quantitative estimate of drug-likeness (QED) is 0.899. The van der Waals surface area contributed by atoms with Crippen LogP contribution in [-0.2, 0) is 9.53 Å². The fraction of sp³-hybridized carbons (Fsp3) is 0.500. The summed E-state index contributed by atoms with van der Waals surface area (Å²) in [6.07, 6.45) is -0.788. The summed E-state index contributed by atoms with van der Waals surface area (Å²) in [6.45, 7) is 3.49. The highest BCUT2D eigenvalue weighted by atomic mass is 19.1. The standard InChI is InChI=1S/C14H18FNO4/c1-10(17)12-3-2-11(15)8-13(12)20-9-14(18)16-4-6-19-7-5-16/h2-3,8,10,17H,4-7,9H2,1H3/t10-/m1/s1. The number of aliphatic hydroxyl groups excluding tert-OH is 1. The fourth-order valence-corrected chi connectivity index (χ4v) is 2.02. The third-order valence-electron chi connectivity index (χ3n) is 3.14. The van der Waals surface area contributed by atoms with Gasteiger partial charge in [0.2, 0.25) is 0 Å². The van der Waals surface area contributed by atoms with Crippen LogP contribution < -0.4 is 4.74 Å². The van der Waals surface area contributed by atoms with Crippen LogP contribution in [0.4, 0.5) is 4.39 Å². The summed E-state index contributed by atoms with van der Waals surface area (Å²) >= 11 is 0. The summed E-state index contributed by atoms with van der Waals surface area (Å²) in [5.74, 6) is -0.445. The van der Waals surface area contributed by atoms with Crippen LogP contribution in [0, 0.1) is 5.82 Å². The molecule has 1 heterocycles. The van der Waals surface area contributed by atoms with Gasteiger partial charge in [-0.05, 0) is 19.1 Å². The first-order valence-electron chi connectivity index (χ1n) is 6.54. The van der Waals surface area contributed by atoms with Gasteiger partial charge in [-0.3, -0.25) is 4.79 Å². The molecule has 5 nitrogen and oxygen atoms in total. The smallest absolute Gasteiger partial charge is 0.260 e. The molecule has 1 atom stereocenters. The van der Waals surface area contributed by atoms with Crippen LogP contribution in [0.2, 0.25) is 0 Å². The zero-order chi connectivity index (χ0) is 14.5. The predicted molar refractivity (Wildman–Crippen MR) is 69.9 cm³/mol. The molecular weight excluding hydrogens is 265 g/mol. The molecule has 110 valence electrons. The van der Waals surface area contributed by atoms with Crippen LogP contribution in [-0.4, -0.2) is 48.8 Å². The molecule has 0 aliphatic carbocycles. The molecule has 1 aromatic carbocycles. The molecule has 2 rings (SSSR count). The molecule has 0 spiro atoms. The maximum atomic E-state index is 13.2. The zero-order valence-electron chi connectivity index (χ0n) is 11.3. The first-order chi connectivity index (χ1) is 9.58. The van der Waals surface area contributed by atoms with E-state index in [4.69, 9.17) is 9.47 Å². The fourth-order valence-electron chi connectivity index (χ4n) is 2.02. The van der Waals surface area contributed by atoms with E-state index in [2.05, 4.69) is 0 Å². The number of amides is 1. The number of benzene rings is 1. The lowest BCUT2D eigenvalue weighted by Gasteiger charge is -2.27. The molecule has 1 amide bonds. The Morgan fingerprint density at radius 2 is 2.20 bits per heavy atom. The van der Waals surface area contributed by atoms with Crippen LogP contribution in [0.25, 0.3) is 0 Å². The van der Waals surface area contributed by atoms with E-state index in [9.17, 15) is 14.3 Å². The van der Waals surface area contributed by atoms with Crippen molar-refractivity contribution in [2.45, 2.75) is 13.0 Å². The SMILES string of the molecule is C[C@@H](O)c1ccc(F)cc1OCC(=O)N1CCOCC1. The lowest BCUT2D eigenvalue weighted by Crippen LogP contribution is -2.43. The highest BCUT2D eigenvalue weighted by molar-refractivity contribution is 5.77. The van der Waals surface area contributed by atoms with Crippen LogP contribution >= 0.6 is 0 Å². The van der Waals surface area contributed by atoms with E-state index in [0.29, 0.717) is 31.9 Å². The molecule has 0 bridgehead atoms. The third-order valence-corrected chi connectivity index (χ3v) is 3.14. The minimum Gasteiger partial charge on any atom is -0.483 e. The minimum atomic E-state index is -0.788. The topological polar surface area (TPSA) is 59.0 Å². The number of rotatable bonds is 4. The number of hydrogen-bond donors (Lipinski definition) is 1. The van der Waals surface area contributed by atoms with Gasteiger partial charge in [0.1, 0.15) is 11.6 Å². The van der Waals surface area contributed by atoms with E-state index in [1.54, 1.807) is 11.8 Å². The second-order valence-electron chi connectivity index (χ2n) is 4.64. The van der Waals surface area contributed by atoms with Gasteiger partial charge in [0, 0.05) is 24.7 Å². The molecule has 1 saturated heterocycles. The van der Waals surface area contributed by atoms with E-state index in [0.717, 1.165) is 0 Å². The Hall–Kier alpha value is -1.66. The average Bonchev–Trinajstić information content (AvgIpc) is 2.45. The number of nitrogens with zero attached hydrogens (tertiary/aromatic N) is 1. The maximum Gasteiger partial charge on any atom is 0.260 e. The molecule has 1 aliphatic heterocycles. The Morgan fingerprint density at radius 1 is 1.50 bits per heavy atom. The van der Waals surface area contributed by atoms with Crippen molar-refractivity contribution in [3.8, 4) is 5.75 Å². The molecule has 0 radical (unpaired) electrons. The molecular formula is C14H18FNO4. The number of halogens is 1. The molecule has 1 aliphatic rings. The summed E-state index contributed by atoms with van der Waals surface area (Å²) in [5.41, 5.74) is 0.459. The zero-order valence-corrected chi connectivity index (χ0v) is 11.3. The number of hydrogen-bond acceptors (Lipinski definition) is 4. The van der Waals surface area contributed by atoms with Gasteiger partial charge in [0.15, 0.2) is 6.61 Å². The summed E-state index contributed by atoms with van der Waals surface area (Å²) in [6, 6.07) is 3.88. The molecule has 0 saturated carbocycles. The Labute approximate surface area is 116 Å². The first kappa shape index (κ1) is 14.7. The predicted octanol–water partition coefficient (Wildman–Crippen LogP) is 1.12. The summed E-state index contributed by atoms with van der Waals surface area (Å²) in [5, 5.41) is 9.60. The number of carbonyl (C=O) groups excluding carboxylic acids is 1. The molecule has 1 N–H and O–H groups in total. The molecule has 20 heavy (non-hydrogen) atoms. The number of morpholine rings is 1. The lowest BCUT2D eigenvalue weighted by molar-refractivity contribution is -0.137. The van der Waals surface area contributed by atoms with Crippen LogP contribution in [0.5, 0.6) is 5.75 Å². The van der Waals surface area contributed by atoms with Crippen molar-refractivity contribution in [3.05, 3.63) is 29.6 Å². The van der Waals surface area contributed by atoms with E-state index >= 15 is 0 Å². The van der Waals surface area contributed by atoms with Gasteiger partial charge >= 0.3 is 0 Å². The highest BCUT2D eigenvalue weighted by Crippen LogP contribution is 2.26. The van der Waals surface area contributed by atoms with E-state index in [-0.39, 0.29) is 18.3 Å². The van der Waals surface area contributed by atoms with Gasteiger partial charge in [-0.15, -0.1) is 0 Å². The summed E-state index contributed by atoms with van der Waals surface area (Å²) in [4.78, 5) is 13.6. The van der Waals surface area contributed by atoms with Gasteiger partial charge in [0.05, 0.1) is 19.3 Å². The Balaban J connectivity index is 1.99. The third kappa shape index (κ3) is 3.68. The van der Waals surface area contributed by atoms with Crippen LogP contribution in [0.15, 0.2) is 18.2 Å². The van der Waals surface area contributed by atoms with Gasteiger partial charge in [-0.25, -0.2) is 4.39 Å². The second-order valence-corrected chi connectivity index (χ2v) is 4.64. The lowest BCUT2D eigenvalue weighted by atomic mass is 10.1. The van der Waals surface area contributed by atoms with Crippen molar-refractivity contribution in [1.29, 1.82) is 0 Å². The van der Waals surface area contributed by atoms with Gasteiger partial charge in [-0.1, -0.05) is 0 Å². The Kier molecular flexibility index (Phi) is 4.92. The molecule has 0 unspecified atom stereocenters. The summed E-state index contributed by atoms with van der Waals surface area (Å²) < 4.78 is 23.7. The van der Waals surface area contributed by atoms with Crippen LogP contribution in [0.1, 0.15) is 18.6 Å². The number of aliphatic hydroxyl groups is 1. The van der Waals surface area contributed by atoms with Gasteiger partial charge < -0.3 is 19.5 Å². The summed E-state index contributed by atoms with van der Waals surface area (Å²) in [7, 11) is 0. The Morgan fingerprint density at radius 3 is 2.85 bits per heavy atom. The molecule has 6 heteroatoms. The normalized spacial score (nSPS) is 16.9. The Bertz CT molecular complexity index is 472. The van der Waals surface area contributed by atoms with Crippen molar-refractivity contribution in [2.24, 2.45) is 0 Å². The van der Waals surface area contributed by atoms with Crippen molar-refractivity contribution in [1.82, 2.24) is 4.90 Å². The van der Waals surface area contributed by atoms with Gasteiger partial charge in [0.25, 0.3) is 5.91 Å². The van der Waals surface area contributed by atoms with E-state index in [1.807, 2.05) is 0 Å². The largest absolute Gasteiger partial charge is 0.483 e. The molecule has 1 fully saturated rings. The minimum absolute atomic E-state index is 0.172. The first-order valence-corrected chi connectivity index (χ1v) is 6.54. The van der Waals surface area contributed by atoms with Crippen LogP contribution in [0.3, 0.4) is 0 Å². The molecule has 0 aromatic heterocycles. The molecule has 1 aromatic rings. The van der Waals surface area contributed by atoms with E-state index < -0.39 is 11.9 Å². The van der Waals surface area contributed by atoms with Crippen molar-refractivity contribution < 1.29 is 23.8 Å². The van der Waals surface area contributed by atoms with Crippen molar-refractivity contribution >= 4 is 5.91 Å². The number of ether oxygens (including phenoxy) is 2. The van der Waals surface area contributed by atoms with Crippen molar-refractivity contribution in [3.63, 3.8) is 0 Å². The maximum absolute atomic E-state index is 13.2. The highest BCUT2D eigenvalue weighted by Gasteiger charge is 2.18. The van der Waals surface area contributed by atoms with E-state index in [1.165, 1.54) is 18.2 Å². The monoisotopic (exact) mass is 283 g/mol.